The van der Waals surface area contributed by atoms with E-state index in [1.165, 1.54) is 36.7 Å². The molecule has 0 bridgehead atoms. The fourth-order valence-corrected chi connectivity index (χ4v) is 4.80. The van der Waals surface area contributed by atoms with E-state index < -0.39 is 21.8 Å². The standard InChI is InChI=1S/C23H21ClN4O4S/c1-23(2,3)14-5-7-15(8-6-14)33(31,32)27-17-10-9-16(24)19-20(17)22(30)28(21(19)29)13-18-25-11-4-12-26-18/h4-12,27H,13H2,1-3H3. The summed E-state index contributed by atoms with van der Waals surface area (Å²) in [7, 11) is -4.03. The van der Waals surface area contributed by atoms with Gasteiger partial charge in [-0.25, -0.2) is 18.4 Å². The molecule has 0 spiro atoms. The third kappa shape index (κ3) is 4.34. The van der Waals surface area contributed by atoms with Gasteiger partial charge in [-0.05, 0) is 41.3 Å². The molecular formula is C23H21ClN4O4S. The summed E-state index contributed by atoms with van der Waals surface area (Å²) in [6.45, 7) is 5.92. The average Bonchev–Trinajstić information content (AvgIpc) is 3.02. The van der Waals surface area contributed by atoms with Gasteiger partial charge in [0, 0.05) is 12.4 Å². The molecule has 3 aromatic rings. The Labute approximate surface area is 196 Å². The van der Waals surface area contributed by atoms with Crippen LogP contribution in [0.15, 0.2) is 59.8 Å². The molecule has 4 rings (SSSR count). The predicted molar refractivity (Wildman–Crippen MR) is 124 cm³/mol. The number of carbonyl (C=O) groups excluding carboxylic acids is 2. The van der Waals surface area contributed by atoms with Crippen molar-refractivity contribution in [2.45, 2.75) is 37.6 Å². The Balaban J connectivity index is 1.68. The molecule has 0 radical (unpaired) electrons. The summed E-state index contributed by atoms with van der Waals surface area (Å²) >= 11 is 6.21. The first kappa shape index (κ1) is 22.9. The first-order valence-corrected chi connectivity index (χ1v) is 11.9. The van der Waals surface area contributed by atoms with Gasteiger partial charge in [0.1, 0.15) is 5.82 Å². The number of fused-ring (bicyclic) bond motifs is 1. The fraction of sp³-hybridized carbons (Fsp3) is 0.217. The quantitative estimate of drug-likeness (QED) is 0.547. The first-order chi connectivity index (χ1) is 15.5. The van der Waals surface area contributed by atoms with Crippen molar-refractivity contribution in [3.63, 3.8) is 0 Å². The van der Waals surface area contributed by atoms with Crippen LogP contribution in [-0.4, -0.2) is 35.1 Å². The molecule has 0 saturated heterocycles. The van der Waals surface area contributed by atoms with Gasteiger partial charge in [-0.3, -0.25) is 19.2 Å². The van der Waals surface area contributed by atoms with Gasteiger partial charge in [-0.15, -0.1) is 0 Å². The number of nitrogens with zero attached hydrogens (tertiary/aromatic N) is 3. The minimum atomic E-state index is -4.03. The van der Waals surface area contributed by atoms with E-state index in [9.17, 15) is 18.0 Å². The third-order valence-corrected chi connectivity index (χ3v) is 6.96. The molecule has 2 aromatic carbocycles. The van der Waals surface area contributed by atoms with Crippen molar-refractivity contribution in [1.82, 2.24) is 14.9 Å². The summed E-state index contributed by atoms with van der Waals surface area (Å²) < 4.78 is 28.5. The van der Waals surface area contributed by atoms with Crippen molar-refractivity contribution in [3.05, 3.63) is 82.4 Å². The van der Waals surface area contributed by atoms with Gasteiger partial charge < -0.3 is 0 Å². The Morgan fingerprint density at radius 3 is 2.15 bits per heavy atom. The number of hydrogen-bond donors (Lipinski definition) is 1. The average molecular weight is 485 g/mol. The molecule has 1 aliphatic heterocycles. The lowest BCUT2D eigenvalue weighted by Gasteiger charge is -2.19. The predicted octanol–water partition coefficient (Wildman–Crippen LogP) is 4.02. The number of benzene rings is 2. The van der Waals surface area contributed by atoms with Gasteiger partial charge in [0.15, 0.2) is 0 Å². The second-order valence-electron chi connectivity index (χ2n) is 8.59. The van der Waals surface area contributed by atoms with Crippen LogP contribution >= 0.6 is 11.6 Å². The molecule has 8 nitrogen and oxygen atoms in total. The number of carbonyl (C=O) groups is 2. The summed E-state index contributed by atoms with van der Waals surface area (Å²) in [6, 6.07) is 10.9. The van der Waals surface area contributed by atoms with Crippen LogP contribution in [0.5, 0.6) is 0 Å². The second-order valence-corrected chi connectivity index (χ2v) is 10.7. The van der Waals surface area contributed by atoms with E-state index in [4.69, 9.17) is 11.6 Å². The Hall–Kier alpha value is -3.30. The number of amides is 2. The van der Waals surface area contributed by atoms with E-state index >= 15 is 0 Å². The van der Waals surface area contributed by atoms with Crippen molar-refractivity contribution in [1.29, 1.82) is 0 Å². The van der Waals surface area contributed by atoms with E-state index in [-0.39, 0.29) is 44.5 Å². The number of hydrogen-bond acceptors (Lipinski definition) is 6. The van der Waals surface area contributed by atoms with Crippen LogP contribution < -0.4 is 4.72 Å². The van der Waals surface area contributed by atoms with Crippen LogP contribution in [0.3, 0.4) is 0 Å². The zero-order valence-electron chi connectivity index (χ0n) is 18.2. The van der Waals surface area contributed by atoms with Crippen LogP contribution in [0.1, 0.15) is 52.9 Å². The first-order valence-electron chi connectivity index (χ1n) is 10.1. The van der Waals surface area contributed by atoms with Crippen LogP contribution in [0.4, 0.5) is 5.69 Å². The maximum atomic E-state index is 13.1. The van der Waals surface area contributed by atoms with Gasteiger partial charge in [-0.1, -0.05) is 44.5 Å². The molecule has 1 aliphatic rings. The molecule has 2 amide bonds. The van der Waals surface area contributed by atoms with Crippen LogP contribution in [0.25, 0.3) is 0 Å². The van der Waals surface area contributed by atoms with E-state index in [2.05, 4.69) is 14.7 Å². The van der Waals surface area contributed by atoms with Crippen molar-refractivity contribution in [2.75, 3.05) is 4.72 Å². The lowest BCUT2D eigenvalue weighted by molar-refractivity contribution is 0.0638. The Morgan fingerprint density at radius 2 is 1.55 bits per heavy atom. The van der Waals surface area contributed by atoms with Gasteiger partial charge in [0.2, 0.25) is 0 Å². The fourth-order valence-electron chi connectivity index (χ4n) is 3.49. The molecule has 33 heavy (non-hydrogen) atoms. The molecule has 2 heterocycles. The number of sulfonamides is 1. The van der Waals surface area contributed by atoms with Crippen molar-refractivity contribution >= 4 is 39.1 Å². The van der Waals surface area contributed by atoms with Crippen molar-refractivity contribution in [3.8, 4) is 0 Å². The molecule has 10 heteroatoms. The second kappa shape index (κ2) is 8.24. The molecule has 170 valence electrons. The van der Waals surface area contributed by atoms with Crippen molar-refractivity contribution < 1.29 is 18.0 Å². The molecule has 1 aromatic heterocycles. The smallest absolute Gasteiger partial charge is 0.264 e. The highest BCUT2D eigenvalue weighted by Gasteiger charge is 2.40. The Bertz CT molecular complexity index is 1350. The highest BCUT2D eigenvalue weighted by Crippen LogP contribution is 2.36. The third-order valence-electron chi connectivity index (χ3n) is 5.27. The van der Waals surface area contributed by atoms with E-state index in [0.29, 0.717) is 0 Å². The van der Waals surface area contributed by atoms with Gasteiger partial charge in [-0.2, -0.15) is 0 Å². The minimum absolute atomic E-state index is 0.0240. The highest BCUT2D eigenvalue weighted by molar-refractivity contribution is 7.92. The zero-order chi connectivity index (χ0) is 24.0. The monoisotopic (exact) mass is 484 g/mol. The maximum Gasteiger partial charge on any atom is 0.264 e. The molecular weight excluding hydrogens is 464 g/mol. The largest absolute Gasteiger partial charge is 0.279 e. The number of rotatable bonds is 5. The molecule has 0 saturated carbocycles. The number of aromatic nitrogens is 2. The lowest BCUT2D eigenvalue weighted by atomic mass is 9.87. The SMILES string of the molecule is CC(C)(C)c1ccc(S(=O)(=O)Nc2ccc(Cl)c3c2C(=O)N(Cc2ncccn2)C3=O)cc1. The maximum absolute atomic E-state index is 13.1. The van der Waals surface area contributed by atoms with Gasteiger partial charge in [0.25, 0.3) is 21.8 Å². The molecule has 0 fully saturated rings. The van der Waals surface area contributed by atoms with E-state index in [0.717, 1.165) is 10.5 Å². The number of halogens is 1. The molecule has 0 aliphatic carbocycles. The summed E-state index contributed by atoms with van der Waals surface area (Å²) in [5.74, 6) is -1.04. The summed E-state index contributed by atoms with van der Waals surface area (Å²) in [4.78, 5) is 35.1. The highest BCUT2D eigenvalue weighted by atomic mass is 35.5. The zero-order valence-corrected chi connectivity index (χ0v) is 19.7. The topological polar surface area (TPSA) is 109 Å². The summed E-state index contributed by atoms with van der Waals surface area (Å²) in [6.07, 6.45) is 3.00. The van der Waals surface area contributed by atoms with E-state index in [1.54, 1.807) is 18.2 Å². The minimum Gasteiger partial charge on any atom is -0.279 e. The molecule has 0 atom stereocenters. The number of nitrogens with one attached hydrogen (secondary N) is 1. The van der Waals surface area contributed by atoms with Crippen LogP contribution in [0.2, 0.25) is 5.02 Å². The summed E-state index contributed by atoms with van der Waals surface area (Å²) in [5, 5.41) is 0.0531. The Morgan fingerprint density at radius 1 is 0.939 bits per heavy atom. The summed E-state index contributed by atoms with van der Waals surface area (Å²) in [5.41, 5.74) is 0.669. The molecule has 1 N–H and O–H groups in total. The lowest BCUT2D eigenvalue weighted by Crippen LogP contribution is -2.30. The van der Waals surface area contributed by atoms with Crippen LogP contribution in [0, 0.1) is 0 Å². The molecule has 0 unspecified atom stereocenters. The number of anilines is 1. The van der Waals surface area contributed by atoms with Crippen LogP contribution in [-0.2, 0) is 22.0 Å². The Kier molecular flexibility index (Phi) is 5.71. The van der Waals surface area contributed by atoms with Gasteiger partial charge >= 0.3 is 0 Å². The number of imide groups is 1. The normalized spacial score (nSPS) is 13.9. The van der Waals surface area contributed by atoms with Gasteiger partial charge in [0.05, 0.1) is 33.3 Å². The van der Waals surface area contributed by atoms with E-state index in [1.807, 2.05) is 20.8 Å². The van der Waals surface area contributed by atoms with Crippen molar-refractivity contribution in [2.24, 2.45) is 0 Å².